The molecule has 2 N–H and O–H groups in total. The molecule has 1 amide bonds. The monoisotopic (exact) mass is 328 g/mol. The van der Waals surface area contributed by atoms with Crippen LogP contribution in [0.1, 0.15) is 12.0 Å². The van der Waals surface area contributed by atoms with Gasteiger partial charge in [0, 0.05) is 25.8 Å². The maximum atomic E-state index is 11.7. The van der Waals surface area contributed by atoms with Crippen molar-refractivity contribution in [2.45, 2.75) is 12.8 Å². The Morgan fingerprint density at radius 2 is 1.62 bits per heavy atom. The van der Waals surface area contributed by atoms with Crippen molar-refractivity contribution in [3.05, 3.63) is 54.1 Å². The molecule has 128 valence electrons. The number of carbonyl (C=O) groups is 1. The Labute approximate surface area is 143 Å². The third-order valence-electron chi connectivity index (χ3n) is 3.49. The molecule has 0 spiro atoms. The Balaban J connectivity index is 1.88. The van der Waals surface area contributed by atoms with Crippen LogP contribution in [0, 0.1) is 0 Å². The number of benzene rings is 2. The summed E-state index contributed by atoms with van der Waals surface area (Å²) < 4.78 is 10.9. The van der Waals surface area contributed by atoms with Gasteiger partial charge in [-0.05, 0) is 55.4 Å². The fourth-order valence-electron chi connectivity index (χ4n) is 2.15. The minimum absolute atomic E-state index is 0.00957. The highest BCUT2D eigenvalue weighted by molar-refractivity contribution is 5.90. The van der Waals surface area contributed by atoms with Gasteiger partial charge in [0.15, 0.2) is 0 Å². The molecule has 2 aromatic carbocycles. The van der Waals surface area contributed by atoms with Crippen molar-refractivity contribution < 1.29 is 14.3 Å². The third kappa shape index (κ3) is 6.02. The zero-order valence-electron chi connectivity index (χ0n) is 14.2. The molecule has 24 heavy (non-hydrogen) atoms. The molecule has 0 heterocycles. The molecule has 0 radical (unpaired) electrons. The molecular formula is C19H24N2O3. The summed E-state index contributed by atoms with van der Waals surface area (Å²) in [5.74, 6) is 1.50. The lowest BCUT2D eigenvalue weighted by Gasteiger charge is -2.09. The molecule has 0 aliphatic carbocycles. The lowest BCUT2D eigenvalue weighted by Crippen LogP contribution is -2.18. The molecule has 5 nitrogen and oxygen atoms in total. The number of hydrogen-bond donors (Lipinski definition) is 2. The zero-order valence-corrected chi connectivity index (χ0v) is 14.2. The van der Waals surface area contributed by atoms with Crippen LogP contribution in [-0.2, 0) is 16.0 Å². The van der Waals surface area contributed by atoms with Gasteiger partial charge in [0.2, 0.25) is 5.91 Å². The van der Waals surface area contributed by atoms with E-state index in [1.807, 2.05) is 55.6 Å². The van der Waals surface area contributed by atoms with E-state index in [-0.39, 0.29) is 5.91 Å². The zero-order chi connectivity index (χ0) is 17.2. The standard InChI is InChI=1S/C19H24N2O3/c1-20-13-11-19(22)21-16-5-9-18(10-6-16)24-17-7-3-15(4-8-17)12-14-23-2/h3-10,20H,11-14H2,1-2H3,(H,21,22). The van der Waals surface area contributed by atoms with Gasteiger partial charge in [-0.2, -0.15) is 0 Å². The van der Waals surface area contributed by atoms with Crippen LogP contribution in [0.25, 0.3) is 0 Å². The summed E-state index contributed by atoms with van der Waals surface area (Å²) in [6, 6.07) is 15.3. The second-order valence-corrected chi connectivity index (χ2v) is 5.41. The first-order chi connectivity index (χ1) is 11.7. The smallest absolute Gasteiger partial charge is 0.225 e. The van der Waals surface area contributed by atoms with Crippen molar-refractivity contribution >= 4 is 11.6 Å². The van der Waals surface area contributed by atoms with Gasteiger partial charge in [0.25, 0.3) is 0 Å². The van der Waals surface area contributed by atoms with Crippen LogP contribution in [0.3, 0.4) is 0 Å². The molecule has 2 rings (SSSR count). The summed E-state index contributed by atoms with van der Waals surface area (Å²) >= 11 is 0. The second kappa shape index (κ2) is 9.70. The number of nitrogens with one attached hydrogen (secondary N) is 2. The first-order valence-corrected chi connectivity index (χ1v) is 8.01. The van der Waals surface area contributed by atoms with Gasteiger partial charge in [0.1, 0.15) is 11.5 Å². The van der Waals surface area contributed by atoms with Crippen molar-refractivity contribution in [1.82, 2.24) is 5.32 Å². The summed E-state index contributed by atoms with van der Waals surface area (Å²) in [6.07, 6.45) is 1.34. The van der Waals surface area contributed by atoms with Gasteiger partial charge in [-0.25, -0.2) is 0 Å². The molecule has 0 unspecified atom stereocenters. The highest BCUT2D eigenvalue weighted by Crippen LogP contribution is 2.23. The predicted octanol–water partition coefficient (Wildman–Crippen LogP) is 3.22. The van der Waals surface area contributed by atoms with Crippen LogP contribution in [-0.4, -0.2) is 33.2 Å². The van der Waals surface area contributed by atoms with E-state index < -0.39 is 0 Å². The number of methoxy groups -OCH3 is 1. The van der Waals surface area contributed by atoms with E-state index in [9.17, 15) is 4.79 Å². The third-order valence-corrected chi connectivity index (χ3v) is 3.49. The van der Waals surface area contributed by atoms with Crippen LogP contribution in [0.5, 0.6) is 11.5 Å². The van der Waals surface area contributed by atoms with Gasteiger partial charge < -0.3 is 20.1 Å². The highest BCUT2D eigenvalue weighted by atomic mass is 16.5. The van der Waals surface area contributed by atoms with E-state index in [0.29, 0.717) is 19.6 Å². The average molecular weight is 328 g/mol. The SMILES string of the molecule is CNCCC(=O)Nc1ccc(Oc2ccc(CCOC)cc2)cc1. The minimum atomic E-state index is -0.00957. The van der Waals surface area contributed by atoms with Crippen LogP contribution in [0.2, 0.25) is 0 Å². The van der Waals surface area contributed by atoms with Gasteiger partial charge >= 0.3 is 0 Å². The number of anilines is 1. The maximum absolute atomic E-state index is 11.7. The number of rotatable bonds is 9. The molecule has 0 saturated carbocycles. The fraction of sp³-hybridized carbons (Fsp3) is 0.316. The van der Waals surface area contributed by atoms with Gasteiger partial charge in [0.05, 0.1) is 6.61 Å². The largest absolute Gasteiger partial charge is 0.457 e. The second-order valence-electron chi connectivity index (χ2n) is 5.41. The molecule has 0 saturated heterocycles. The topological polar surface area (TPSA) is 59.6 Å². The molecule has 0 aromatic heterocycles. The Hall–Kier alpha value is -2.37. The van der Waals surface area contributed by atoms with Crippen LogP contribution in [0.15, 0.2) is 48.5 Å². The Morgan fingerprint density at radius 3 is 2.21 bits per heavy atom. The summed E-state index contributed by atoms with van der Waals surface area (Å²) in [6.45, 7) is 1.37. The van der Waals surface area contributed by atoms with Crippen molar-refractivity contribution in [2.75, 3.05) is 32.6 Å². The quantitative estimate of drug-likeness (QED) is 0.742. The van der Waals surface area contributed by atoms with E-state index in [0.717, 1.165) is 23.6 Å². The molecule has 0 aliphatic heterocycles. The van der Waals surface area contributed by atoms with Gasteiger partial charge in [-0.1, -0.05) is 12.1 Å². The Morgan fingerprint density at radius 1 is 1.00 bits per heavy atom. The molecule has 0 fully saturated rings. The van der Waals surface area contributed by atoms with Crippen molar-refractivity contribution in [3.8, 4) is 11.5 Å². The highest BCUT2D eigenvalue weighted by Gasteiger charge is 2.03. The first kappa shape index (κ1) is 18.0. The number of carbonyl (C=O) groups excluding carboxylic acids is 1. The van der Waals surface area contributed by atoms with Crippen molar-refractivity contribution in [2.24, 2.45) is 0 Å². The lowest BCUT2D eigenvalue weighted by atomic mass is 10.1. The lowest BCUT2D eigenvalue weighted by molar-refractivity contribution is -0.116. The maximum Gasteiger partial charge on any atom is 0.225 e. The Kier molecular flexibility index (Phi) is 7.26. The molecule has 0 aliphatic rings. The van der Waals surface area contributed by atoms with E-state index in [4.69, 9.17) is 9.47 Å². The Bertz CT molecular complexity index is 624. The molecule has 0 atom stereocenters. The van der Waals surface area contributed by atoms with Crippen molar-refractivity contribution in [3.63, 3.8) is 0 Å². The van der Waals surface area contributed by atoms with E-state index in [1.54, 1.807) is 7.11 Å². The summed E-state index contributed by atoms with van der Waals surface area (Å²) in [5, 5.41) is 5.80. The van der Waals surface area contributed by atoms with Crippen LogP contribution < -0.4 is 15.4 Å². The van der Waals surface area contributed by atoms with E-state index >= 15 is 0 Å². The first-order valence-electron chi connectivity index (χ1n) is 8.01. The minimum Gasteiger partial charge on any atom is -0.457 e. The number of amides is 1. The average Bonchev–Trinajstić information content (AvgIpc) is 2.61. The van der Waals surface area contributed by atoms with Crippen LogP contribution in [0.4, 0.5) is 5.69 Å². The van der Waals surface area contributed by atoms with E-state index in [1.165, 1.54) is 5.56 Å². The predicted molar refractivity (Wildman–Crippen MR) is 95.7 cm³/mol. The number of hydrogen-bond acceptors (Lipinski definition) is 4. The fourth-order valence-corrected chi connectivity index (χ4v) is 2.15. The van der Waals surface area contributed by atoms with Crippen molar-refractivity contribution in [1.29, 1.82) is 0 Å². The molecular weight excluding hydrogens is 304 g/mol. The molecule has 0 bridgehead atoms. The summed E-state index contributed by atoms with van der Waals surface area (Å²) in [5.41, 5.74) is 1.97. The van der Waals surface area contributed by atoms with Gasteiger partial charge in [-0.15, -0.1) is 0 Å². The van der Waals surface area contributed by atoms with Crippen LogP contribution >= 0.6 is 0 Å². The summed E-state index contributed by atoms with van der Waals surface area (Å²) in [7, 11) is 3.52. The summed E-state index contributed by atoms with van der Waals surface area (Å²) in [4.78, 5) is 11.7. The number of ether oxygens (including phenoxy) is 2. The molecule has 2 aromatic rings. The molecule has 5 heteroatoms. The van der Waals surface area contributed by atoms with E-state index in [2.05, 4.69) is 10.6 Å². The van der Waals surface area contributed by atoms with Gasteiger partial charge in [-0.3, -0.25) is 4.79 Å². The normalized spacial score (nSPS) is 10.4.